The molecule has 14 heavy (non-hydrogen) atoms. The van der Waals surface area contributed by atoms with E-state index in [0.29, 0.717) is 12.0 Å². The quantitative estimate of drug-likeness (QED) is 0.711. The van der Waals surface area contributed by atoms with E-state index in [0.717, 1.165) is 18.7 Å². The van der Waals surface area contributed by atoms with Crippen LogP contribution in [0.25, 0.3) is 0 Å². The molecule has 0 amide bonds. The van der Waals surface area contributed by atoms with Crippen molar-refractivity contribution in [2.75, 3.05) is 12.3 Å². The minimum atomic E-state index is -0.679. The maximum atomic E-state index is 11.8. The van der Waals surface area contributed by atoms with E-state index < -0.39 is 10.8 Å². The Morgan fingerprint density at radius 3 is 2.21 bits per heavy atom. The minimum absolute atomic E-state index is 0.258. The summed E-state index contributed by atoms with van der Waals surface area (Å²) >= 11 is 0. The standard InChI is InChI=1S/C11H25NOS/c1-6-12-10(4)11(5)14(13)8-7-9(2)3/h9-12H,6-8H2,1-5H3. The Labute approximate surface area is 91.3 Å². The lowest BCUT2D eigenvalue weighted by Gasteiger charge is -2.20. The summed E-state index contributed by atoms with van der Waals surface area (Å²) in [5.41, 5.74) is 0. The topological polar surface area (TPSA) is 29.1 Å². The number of hydrogen-bond donors (Lipinski definition) is 1. The van der Waals surface area contributed by atoms with Crippen LogP contribution >= 0.6 is 0 Å². The zero-order valence-corrected chi connectivity index (χ0v) is 11.0. The molecule has 0 saturated carbocycles. The lowest BCUT2D eigenvalue weighted by atomic mass is 10.2. The van der Waals surface area contributed by atoms with Crippen molar-refractivity contribution in [2.45, 2.75) is 52.3 Å². The van der Waals surface area contributed by atoms with Gasteiger partial charge in [-0.2, -0.15) is 0 Å². The first-order valence-corrected chi connectivity index (χ1v) is 6.97. The van der Waals surface area contributed by atoms with Gasteiger partial charge < -0.3 is 5.32 Å². The molecule has 86 valence electrons. The molecule has 0 bridgehead atoms. The minimum Gasteiger partial charge on any atom is -0.313 e. The van der Waals surface area contributed by atoms with Crippen LogP contribution in [0.1, 0.15) is 41.0 Å². The van der Waals surface area contributed by atoms with Crippen LogP contribution < -0.4 is 5.32 Å². The zero-order valence-electron chi connectivity index (χ0n) is 10.2. The Kier molecular flexibility index (Phi) is 7.47. The summed E-state index contributed by atoms with van der Waals surface area (Å²) in [7, 11) is -0.679. The number of hydrogen-bond acceptors (Lipinski definition) is 2. The Morgan fingerprint density at radius 1 is 1.21 bits per heavy atom. The van der Waals surface area contributed by atoms with E-state index in [2.05, 4.69) is 39.9 Å². The van der Waals surface area contributed by atoms with Gasteiger partial charge in [-0.05, 0) is 32.7 Å². The Morgan fingerprint density at radius 2 is 1.79 bits per heavy atom. The molecule has 3 unspecified atom stereocenters. The van der Waals surface area contributed by atoms with E-state index in [1.165, 1.54) is 0 Å². The average Bonchev–Trinajstić information content (AvgIpc) is 2.13. The van der Waals surface area contributed by atoms with Crippen LogP contribution in [0, 0.1) is 5.92 Å². The van der Waals surface area contributed by atoms with Gasteiger partial charge in [0.2, 0.25) is 0 Å². The maximum absolute atomic E-state index is 11.8. The first-order chi connectivity index (χ1) is 6.49. The predicted octanol–water partition coefficient (Wildman–Crippen LogP) is 2.17. The molecule has 0 aliphatic rings. The van der Waals surface area contributed by atoms with E-state index in [1.54, 1.807) is 0 Å². The van der Waals surface area contributed by atoms with Crippen molar-refractivity contribution >= 4 is 10.8 Å². The van der Waals surface area contributed by atoms with Crippen LogP contribution in [0.2, 0.25) is 0 Å². The van der Waals surface area contributed by atoms with Gasteiger partial charge >= 0.3 is 0 Å². The van der Waals surface area contributed by atoms with Crippen molar-refractivity contribution in [1.82, 2.24) is 5.32 Å². The van der Waals surface area contributed by atoms with E-state index in [9.17, 15) is 4.21 Å². The van der Waals surface area contributed by atoms with Gasteiger partial charge in [-0.3, -0.25) is 4.21 Å². The highest BCUT2D eigenvalue weighted by molar-refractivity contribution is 7.85. The molecule has 0 spiro atoms. The molecule has 0 fully saturated rings. The summed E-state index contributed by atoms with van der Waals surface area (Å²) in [5.74, 6) is 1.50. The smallest absolute Gasteiger partial charge is 0.0470 e. The molecule has 3 atom stereocenters. The Balaban J connectivity index is 3.86. The highest BCUT2D eigenvalue weighted by Crippen LogP contribution is 2.07. The fraction of sp³-hybridized carbons (Fsp3) is 1.00. The first kappa shape index (κ1) is 14.1. The molecule has 0 aromatic rings. The summed E-state index contributed by atoms with van der Waals surface area (Å²) in [5, 5.41) is 3.58. The molecule has 3 heteroatoms. The van der Waals surface area contributed by atoms with Gasteiger partial charge in [0.15, 0.2) is 0 Å². The lowest BCUT2D eigenvalue weighted by molar-refractivity contribution is 0.546. The molecule has 1 N–H and O–H groups in total. The molecule has 0 aliphatic carbocycles. The highest BCUT2D eigenvalue weighted by atomic mass is 32.2. The van der Waals surface area contributed by atoms with Crippen molar-refractivity contribution in [2.24, 2.45) is 5.92 Å². The third-order valence-corrected chi connectivity index (χ3v) is 4.42. The van der Waals surface area contributed by atoms with Crippen molar-refractivity contribution in [3.8, 4) is 0 Å². The molecule has 0 saturated heterocycles. The molecule has 0 aromatic carbocycles. The van der Waals surface area contributed by atoms with Gasteiger partial charge in [-0.1, -0.05) is 20.8 Å². The van der Waals surface area contributed by atoms with Crippen molar-refractivity contribution in [3.63, 3.8) is 0 Å². The Bertz CT molecular complexity index is 171. The maximum Gasteiger partial charge on any atom is 0.0470 e. The summed E-state index contributed by atoms with van der Waals surface area (Å²) in [6, 6.07) is 0.355. The predicted molar refractivity (Wildman–Crippen MR) is 65.1 cm³/mol. The molecule has 0 radical (unpaired) electrons. The zero-order chi connectivity index (χ0) is 11.1. The van der Waals surface area contributed by atoms with Gasteiger partial charge in [0.1, 0.15) is 0 Å². The monoisotopic (exact) mass is 219 g/mol. The van der Waals surface area contributed by atoms with Crippen LogP contribution in [0.5, 0.6) is 0 Å². The van der Waals surface area contributed by atoms with Crippen LogP contribution in [-0.4, -0.2) is 27.8 Å². The third kappa shape index (κ3) is 5.76. The fourth-order valence-corrected chi connectivity index (χ4v) is 2.88. The van der Waals surface area contributed by atoms with Gasteiger partial charge in [0.05, 0.1) is 0 Å². The van der Waals surface area contributed by atoms with Crippen molar-refractivity contribution in [1.29, 1.82) is 0 Å². The van der Waals surface area contributed by atoms with E-state index in [4.69, 9.17) is 0 Å². The second-order valence-electron chi connectivity index (χ2n) is 4.32. The van der Waals surface area contributed by atoms with E-state index >= 15 is 0 Å². The normalized spacial score (nSPS) is 18.1. The lowest BCUT2D eigenvalue weighted by Crippen LogP contribution is -2.38. The molecule has 0 aromatic heterocycles. The second-order valence-corrected chi connectivity index (χ2v) is 6.23. The molecule has 0 aliphatic heterocycles. The van der Waals surface area contributed by atoms with Gasteiger partial charge in [-0.25, -0.2) is 0 Å². The van der Waals surface area contributed by atoms with Crippen molar-refractivity contribution < 1.29 is 4.21 Å². The van der Waals surface area contributed by atoms with E-state index in [-0.39, 0.29) is 5.25 Å². The SMILES string of the molecule is CCNC(C)C(C)S(=O)CCC(C)C. The number of nitrogens with one attached hydrogen (secondary N) is 1. The largest absolute Gasteiger partial charge is 0.313 e. The summed E-state index contributed by atoms with van der Waals surface area (Å²) in [6.45, 7) is 11.6. The van der Waals surface area contributed by atoms with E-state index in [1.807, 2.05) is 0 Å². The molecular formula is C11H25NOS. The van der Waals surface area contributed by atoms with Gasteiger partial charge in [0, 0.05) is 27.8 Å². The third-order valence-electron chi connectivity index (χ3n) is 2.54. The molecule has 2 nitrogen and oxygen atoms in total. The van der Waals surface area contributed by atoms with Crippen LogP contribution in [0.15, 0.2) is 0 Å². The van der Waals surface area contributed by atoms with Crippen LogP contribution in [-0.2, 0) is 10.8 Å². The van der Waals surface area contributed by atoms with Gasteiger partial charge in [-0.15, -0.1) is 0 Å². The first-order valence-electron chi connectivity index (χ1n) is 5.59. The average molecular weight is 219 g/mol. The van der Waals surface area contributed by atoms with Crippen LogP contribution in [0.3, 0.4) is 0 Å². The summed E-state index contributed by atoms with van der Waals surface area (Å²) in [6.07, 6.45) is 1.07. The Hall–Kier alpha value is 0.110. The highest BCUT2D eigenvalue weighted by Gasteiger charge is 2.17. The fourth-order valence-electron chi connectivity index (χ4n) is 1.25. The van der Waals surface area contributed by atoms with Crippen molar-refractivity contribution in [3.05, 3.63) is 0 Å². The van der Waals surface area contributed by atoms with Crippen LogP contribution in [0.4, 0.5) is 0 Å². The molecule has 0 heterocycles. The number of rotatable bonds is 7. The second kappa shape index (κ2) is 7.41. The molecular weight excluding hydrogens is 194 g/mol. The summed E-state index contributed by atoms with van der Waals surface area (Å²) in [4.78, 5) is 0. The van der Waals surface area contributed by atoms with Gasteiger partial charge in [0.25, 0.3) is 0 Å². The summed E-state index contributed by atoms with van der Waals surface area (Å²) < 4.78 is 11.8. The molecule has 0 rings (SSSR count).